The summed E-state index contributed by atoms with van der Waals surface area (Å²) in [4.78, 5) is 25.6. The molecule has 0 saturated carbocycles. The second-order valence-electron chi connectivity index (χ2n) is 7.84. The van der Waals surface area contributed by atoms with Crippen molar-refractivity contribution < 1.29 is 19.1 Å². The number of carbonyl (C=O) groups excluding carboxylic acids is 2. The molecule has 0 fully saturated rings. The van der Waals surface area contributed by atoms with Crippen LogP contribution in [0, 0.1) is 18.3 Å². The van der Waals surface area contributed by atoms with Crippen molar-refractivity contribution in [1.82, 2.24) is 5.32 Å². The minimum absolute atomic E-state index is 0.0791. The molecule has 0 aromatic heterocycles. The van der Waals surface area contributed by atoms with Gasteiger partial charge >= 0.3 is 5.97 Å². The Hall–Kier alpha value is -3.25. The lowest BCUT2D eigenvalue weighted by molar-refractivity contribution is -0.140. The van der Waals surface area contributed by atoms with Gasteiger partial charge in [0.15, 0.2) is 0 Å². The molecule has 0 radical (unpaired) electrons. The average Bonchev–Trinajstić information content (AvgIpc) is 2.83. The van der Waals surface area contributed by atoms with Gasteiger partial charge in [0.25, 0.3) is 0 Å². The molecule has 0 bridgehead atoms. The predicted octanol–water partition coefficient (Wildman–Crippen LogP) is 4.91. The van der Waals surface area contributed by atoms with Gasteiger partial charge in [-0.2, -0.15) is 5.26 Å². The fraction of sp³-hybridized carbons (Fsp3) is 0.269. The van der Waals surface area contributed by atoms with Crippen molar-refractivity contribution >= 4 is 40.9 Å². The van der Waals surface area contributed by atoms with Crippen LogP contribution in [-0.2, 0) is 19.1 Å². The Balaban J connectivity index is 1.87. The third kappa shape index (κ3) is 6.89. The quantitative estimate of drug-likeness (QED) is 0.364. The smallest absolute Gasteiger partial charge is 0.336 e. The van der Waals surface area contributed by atoms with Gasteiger partial charge in [0.2, 0.25) is 5.91 Å². The van der Waals surface area contributed by atoms with Crippen LogP contribution in [0.5, 0.6) is 0 Å². The molecule has 7 nitrogen and oxygen atoms in total. The lowest BCUT2D eigenvalue weighted by atomic mass is 9.82. The Morgan fingerprint density at radius 3 is 2.57 bits per heavy atom. The van der Waals surface area contributed by atoms with Crippen molar-refractivity contribution in [3.63, 3.8) is 0 Å². The highest BCUT2D eigenvalue weighted by Crippen LogP contribution is 2.41. The van der Waals surface area contributed by atoms with Gasteiger partial charge in [-0.1, -0.05) is 47.6 Å². The number of amides is 1. The average molecular weight is 512 g/mol. The van der Waals surface area contributed by atoms with Gasteiger partial charge in [0.1, 0.15) is 6.61 Å². The molecule has 2 aromatic carbocycles. The first kappa shape index (κ1) is 26.4. The number of aryl methyl sites for hydroxylation is 1. The van der Waals surface area contributed by atoms with Crippen LogP contribution in [0.4, 0.5) is 5.69 Å². The number of anilines is 1. The number of carbonyl (C=O) groups is 2. The summed E-state index contributed by atoms with van der Waals surface area (Å²) in [6, 6.07) is 16.7. The van der Waals surface area contributed by atoms with Gasteiger partial charge in [-0.25, -0.2) is 4.79 Å². The molecule has 1 amide bonds. The predicted molar refractivity (Wildman–Crippen MR) is 138 cm³/mol. The van der Waals surface area contributed by atoms with E-state index in [0.29, 0.717) is 38.1 Å². The van der Waals surface area contributed by atoms with Gasteiger partial charge in [-0.15, -0.1) is 0 Å². The summed E-state index contributed by atoms with van der Waals surface area (Å²) in [7, 11) is 1.52. The first-order valence-corrected chi connectivity index (χ1v) is 12.2. The summed E-state index contributed by atoms with van der Waals surface area (Å²) in [5, 5.41) is 17.2. The van der Waals surface area contributed by atoms with Crippen molar-refractivity contribution in [3.8, 4) is 6.07 Å². The van der Waals surface area contributed by atoms with E-state index in [1.165, 1.54) is 18.9 Å². The van der Waals surface area contributed by atoms with Gasteiger partial charge in [0, 0.05) is 23.5 Å². The lowest BCUT2D eigenvalue weighted by Crippen LogP contribution is -2.29. The summed E-state index contributed by atoms with van der Waals surface area (Å²) in [6.45, 7) is 4.04. The molecular formula is C26H26ClN3O4S. The van der Waals surface area contributed by atoms with Crippen LogP contribution >= 0.6 is 23.4 Å². The van der Waals surface area contributed by atoms with Gasteiger partial charge < -0.3 is 20.1 Å². The molecule has 0 aliphatic carbocycles. The molecular weight excluding hydrogens is 486 g/mol. The zero-order valence-electron chi connectivity index (χ0n) is 19.7. The minimum atomic E-state index is -0.670. The number of hydrogen-bond acceptors (Lipinski definition) is 7. The Kier molecular flexibility index (Phi) is 9.38. The number of dihydropyridines is 1. The first-order valence-electron chi connectivity index (χ1n) is 10.9. The number of rotatable bonds is 9. The molecule has 0 saturated heterocycles. The lowest BCUT2D eigenvalue weighted by Gasteiger charge is -2.29. The topological polar surface area (TPSA) is 100 Å². The van der Waals surface area contributed by atoms with Crippen molar-refractivity contribution in [1.29, 1.82) is 5.26 Å². The molecule has 0 unspecified atom stereocenters. The number of allylic oxidation sites excluding steroid dienone is 2. The summed E-state index contributed by atoms with van der Waals surface area (Å²) in [5.41, 5.74) is 3.66. The molecule has 182 valence electrons. The van der Waals surface area contributed by atoms with Crippen molar-refractivity contribution in [3.05, 3.63) is 86.6 Å². The maximum absolute atomic E-state index is 13.0. The number of nitrogens with zero attached hydrogens (tertiary/aromatic N) is 1. The van der Waals surface area contributed by atoms with Gasteiger partial charge in [0.05, 0.1) is 40.5 Å². The summed E-state index contributed by atoms with van der Waals surface area (Å²) < 4.78 is 10.3. The molecule has 3 rings (SSSR count). The fourth-order valence-electron chi connectivity index (χ4n) is 3.64. The van der Waals surface area contributed by atoms with E-state index in [1.54, 1.807) is 31.2 Å². The number of benzene rings is 2. The molecule has 1 heterocycles. The van der Waals surface area contributed by atoms with Crippen molar-refractivity contribution in [2.45, 2.75) is 19.8 Å². The molecule has 0 spiro atoms. The van der Waals surface area contributed by atoms with E-state index in [-0.39, 0.29) is 24.9 Å². The standard InChI is InChI=1S/C26H26ClN3O4S/c1-16-5-4-6-20(13-16)30-22(31)15-35-25-21(14-28)24(18-7-9-19(27)10-8-18)23(17(2)29-25)26(32)34-12-11-33-3/h4-10,13,24,29H,11-12,15H2,1-3H3,(H,30,31)/t24-/m1/s1. The maximum Gasteiger partial charge on any atom is 0.336 e. The fourth-order valence-corrected chi connectivity index (χ4v) is 4.66. The molecule has 35 heavy (non-hydrogen) atoms. The number of nitrogens with one attached hydrogen (secondary N) is 2. The second-order valence-corrected chi connectivity index (χ2v) is 9.26. The number of hydrogen-bond donors (Lipinski definition) is 2. The Bertz CT molecular complexity index is 1200. The van der Waals surface area contributed by atoms with E-state index in [2.05, 4.69) is 16.7 Å². The third-order valence-corrected chi connectivity index (χ3v) is 6.51. The number of thioether (sulfide) groups is 1. The number of halogens is 1. The number of methoxy groups -OCH3 is 1. The summed E-state index contributed by atoms with van der Waals surface area (Å²) >= 11 is 7.27. The van der Waals surface area contributed by atoms with Gasteiger partial charge in [-0.3, -0.25) is 4.79 Å². The molecule has 1 aliphatic rings. The Morgan fingerprint density at radius 2 is 1.91 bits per heavy atom. The van der Waals surface area contributed by atoms with E-state index >= 15 is 0 Å². The zero-order valence-corrected chi connectivity index (χ0v) is 21.3. The normalized spacial score (nSPS) is 15.3. The molecule has 1 atom stereocenters. The van der Waals surface area contributed by atoms with Crippen LogP contribution in [0.3, 0.4) is 0 Å². The number of ether oxygens (including phenoxy) is 2. The largest absolute Gasteiger partial charge is 0.460 e. The highest BCUT2D eigenvalue weighted by atomic mass is 35.5. The van der Waals surface area contributed by atoms with Crippen LogP contribution in [0.15, 0.2) is 70.4 Å². The van der Waals surface area contributed by atoms with Crippen LogP contribution in [0.25, 0.3) is 0 Å². The molecule has 9 heteroatoms. The van der Waals surface area contributed by atoms with Gasteiger partial charge in [-0.05, 0) is 49.2 Å². The summed E-state index contributed by atoms with van der Waals surface area (Å²) in [6.07, 6.45) is 0. The Morgan fingerprint density at radius 1 is 1.17 bits per heavy atom. The number of esters is 1. The second kappa shape index (κ2) is 12.5. The van der Waals surface area contributed by atoms with Crippen LogP contribution < -0.4 is 10.6 Å². The molecule has 2 aromatic rings. The van der Waals surface area contributed by atoms with Crippen molar-refractivity contribution in [2.75, 3.05) is 31.4 Å². The van der Waals surface area contributed by atoms with E-state index < -0.39 is 11.9 Å². The first-order chi connectivity index (χ1) is 16.8. The zero-order chi connectivity index (χ0) is 25.4. The minimum Gasteiger partial charge on any atom is -0.460 e. The number of nitriles is 1. The van der Waals surface area contributed by atoms with E-state index in [1.807, 2.05) is 31.2 Å². The SMILES string of the molecule is COCCOC(=O)C1=C(C)NC(SCC(=O)Nc2cccc(C)c2)=C(C#N)[C@H]1c1ccc(Cl)cc1. The van der Waals surface area contributed by atoms with E-state index in [0.717, 1.165) is 5.56 Å². The Labute approximate surface area is 214 Å². The van der Waals surface area contributed by atoms with E-state index in [9.17, 15) is 14.9 Å². The third-order valence-electron chi connectivity index (χ3n) is 5.24. The highest BCUT2D eigenvalue weighted by molar-refractivity contribution is 8.03. The van der Waals surface area contributed by atoms with Crippen LogP contribution in [0.2, 0.25) is 5.02 Å². The monoisotopic (exact) mass is 511 g/mol. The molecule has 1 aliphatic heterocycles. The molecule has 2 N–H and O–H groups in total. The maximum atomic E-state index is 13.0. The van der Waals surface area contributed by atoms with E-state index in [4.69, 9.17) is 21.1 Å². The van der Waals surface area contributed by atoms with Crippen LogP contribution in [0.1, 0.15) is 24.0 Å². The van der Waals surface area contributed by atoms with Crippen molar-refractivity contribution in [2.24, 2.45) is 0 Å². The highest BCUT2D eigenvalue weighted by Gasteiger charge is 2.35. The summed E-state index contributed by atoms with van der Waals surface area (Å²) in [5.74, 6) is -1.34. The van der Waals surface area contributed by atoms with Crippen LogP contribution in [-0.4, -0.2) is 38.0 Å².